The van der Waals surface area contributed by atoms with Crippen LogP contribution in [0.5, 0.6) is 5.75 Å². The highest BCUT2D eigenvalue weighted by Gasteiger charge is 2.37. The third kappa shape index (κ3) is 3.74. The van der Waals surface area contributed by atoms with Gasteiger partial charge in [0, 0.05) is 19.1 Å². The molecule has 5 heteroatoms. The van der Waals surface area contributed by atoms with E-state index in [-0.39, 0.29) is 0 Å². The van der Waals surface area contributed by atoms with Gasteiger partial charge in [0.05, 0.1) is 38.1 Å². The van der Waals surface area contributed by atoms with E-state index in [0.717, 1.165) is 39.3 Å². The molecule has 3 fully saturated rings. The van der Waals surface area contributed by atoms with Crippen LogP contribution in [0.3, 0.4) is 0 Å². The van der Waals surface area contributed by atoms with Crippen molar-refractivity contribution in [3.63, 3.8) is 0 Å². The van der Waals surface area contributed by atoms with Gasteiger partial charge in [-0.2, -0.15) is 0 Å². The molecule has 4 atom stereocenters. The Balaban J connectivity index is 1.53. The Labute approximate surface area is 124 Å². The average molecular weight is 291 g/mol. The van der Waals surface area contributed by atoms with Crippen LogP contribution in [0.4, 0.5) is 0 Å². The van der Waals surface area contributed by atoms with Crippen LogP contribution in [0.2, 0.25) is 0 Å². The number of hydrogen-bond donors (Lipinski definition) is 1. The number of benzene rings is 1. The van der Waals surface area contributed by atoms with Gasteiger partial charge in [-0.15, -0.1) is 0 Å². The summed E-state index contributed by atoms with van der Waals surface area (Å²) in [6, 6.07) is 7.84. The number of rotatable bonds is 8. The standard InChI is InChI=1S/C16H21NO4/c18-12-3-1-11(2-4-12)16(5-13-8-19-13)17(6-14-9-20-14)7-15-10-21-15/h1-4,13-16,18H,5-10H2. The molecular formula is C16H21NO4. The van der Waals surface area contributed by atoms with E-state index in [9.17, 15) is 5.11 Å². The summed E-state index contributed by atoms with van der Waals surface area (Å²) in [5.41, 5.74) is 1.23. The second-order valence-corrected chi connectivity index (χ2v) is 6.16. The SMILES string of the molecule is Oc1ccc(C(CC2CO2)N(CC2CO2)CC2CO2)cc1. The lowest BCUT2D eigenvalue weighted by atomic mass is 9.99. The zero-order chi connectivity index (χ0) is 14.2. The normalized spacial score (nSPS) is 31.2. The van der Waals surface area contributed by atoms with Crippen molar-refractivity contribution in [3.05, 3.63) is 29.8 Å². The summed E-state index contributed by atoms with van der Waals surface area (Å²) in [6.07, 6.45) is 2.09. The molecule has 5 nitrogen and oxygen atoms in total. The fraction of sp³-hybridized carbons (Fsp3) is 0.625. The Morgan fingerprint density at radius 1 is 0.952 bits per heavy atom. The summed E-state index contributed by atoms with van der Waals surface area (Å²) in [7, 11) is 0. The van der Waals surface area contributed by atoms with Gasteiger partial charge in [0.15, 0.2) is 0 Å². The number of ether oxygens (including phenoxy) is 3. The minimum absolute atomic E-state index is 0.298. The summed E-state index contributed by atoms with van der Waals surface area (Å²) >= 11 is 0. The molecule has 4 unspecified atom stereocenters. The van der Waals surface area contributed by atoms with Crippen molar-refractivity contribution in [2.45, 2.75) is 30.8 Å². The molecule has 3 heterocycles. The van der Waals surface area contributed by atoms with Crippen LogP contribution in [0.1, 0.15) is 18.0 Å². The topological polar surface area (TPSA) is 61.1 Å². The van der Waals surface area contributed by atoms with Gasteiger partial charge in [0.25, 0.3) is 0 Å². The van der Waals surface area contributed by atoms with Gasteiger partial charge in [0.1, 0.15) is 5.75 Å². The highest BCUT2D eigenvalue weighted by molar-refractivity contribution is 5.28. The van der Waals surface area contributed by atoms with Crippen LogP contribution in [0.15, 0.2) is 24.3 Å². The first-order valence-electron chi connectivity index (χ1n) is 7.66. The molecule has 1 N–H and O–H groups in total. The quantitative estimate of drug-likeness (QED) is 0.732. The third-order valence-electron chi connectivity index (χ3n) is 4.29. The van der Waals surface area contributed by atoms with Crippen molar-refractivity contribution < 1.29 is 19.3 Å². The first-order valence-corrected chi connectivity index (χ1v) is 7.66. The van der Waals surface area contributed by atoms with Gasteiger partial charge in [-0.25, -0.2) is 0 Å². The van der Waals surface area contributed by atoms with Gasteiger partial charge in [-0.3, -0.25) is 4.90 Å². The van der Waals surface area contributed by atoms with E-state index in [1.165, 1.54) is 5.56 Å². The zero-order valence-electron chi connectivity index (χ0n) is 12.0. The summed E-state index contributed by atoms with van der Waals surface area (Å²) in [5.74, 6) is 0.308. The summed E-state index contributed by atoms with van der Waals surface area (Å²) < 4.78 is 16.3. The Hall–Kier alpha value is -1.14. The molecule has 0 spiro atoms. The van der Waals surface area contributed by atoms with E-state index in [1.54, 1.807) is 12.1 Å². The number of phenolic OH excluding ortho intramolecular Hbond substituents is 1. The Kier molecular flexibility index (Phi) is 3.59. The minimum Gasteiger partial charge on any atom is -0.508 e. The summed E-state index contributed by atoms with van der Waals surface area (Å²) in [5, 5.41) is 9.50. The molecule has 3 aliphatic rings. The fourth-order valence-corrected chi connectivity index (χ4v) is 2.84. The van der Waals surface area contributed by atoms with Crippen LogP contribution in [0, 0.1) is 0 Å². The number of aromatic hydroxyl groups is 1. The van der Waals surface area contributed by atoms with E-state index in [4.69, 9.17) is 14.2 Å². The number of hydrogen-bond acceptors (Lipinski definition) is 5. The third-order valence-corrected chi connectivity index (χ3v) is 4.29. The maximum absolute atomic E-state index is 9.50. The van der Waals surface area contributed by atoms with Gasteiger partial charge in [-0.05, 0) is 24.1 Å². The fourth-order valence-electron chi connectivity index (χ4n) is 2.84. The lowest BCUT2D eigenvalue weighted by Gasteiger charge is -2.31. The van der Waals surface area contributed by atoms with Crippen LogP contribution >= 0.6 is 0 Å². The Bertz CT molecular complexity index is 466. The molecular weight excluding hydrogens is 270 g/mol. The molecule has 0 aromatic heterocycles. The van der Waals surface area contributed by atoms with Crippen molar-refractivity contribution in [2.24, 2.45) is 0 Å². The molecule has 3 saturated heterocycles. The lowest BCUT2D eigenvalue weighted by molar-refractivity contribution is 0.147. The first kappa shape index (κ1) is 13.5. The molecule has 1 aromatic rings. The largest absolute Gasteiger partial charge is 0.508 e. The van der Waals surface area contributed by atoms with Crippen LogP contribution in [-0.4, -0.2) is 61.2 Å². The van der Waals surface area contributed by atoms with Crippen molar-refractivity contribution in [1.29, 1.82) is 0 Å². The predicted octanol–water partition coefficient (Wildman–Crippen LogP) is 1.32. The molecule has 0 saturated carbocycles. The lowest BCUT2D eigenvalue weighted by Crippen LogP contribution is -2.36. The van der Waals surface area contributed by atoms with E-state index in [1.807, 2.05) is 12.1 Å². The van der Waals surface area contributed by atoms with Crippen molar-refractivity contribution in [2.75, 3.05) is 32.9 Å². The maximum atomic E-state index is 9.50. The monoisotopic (exact) mass is 291 g/mol. The maximum Gasteiger partial charge on any atom is 0.115 e. The highest BCUT2D eigenvalue weighted by Crippen LogP contribution is 2.33. The van der Waals surface area contributed by atoms with Gasteiger partial charge >= 0.3 is 0 Å². The van der Waals surface area contributed by atoms with E-state index in [2.05, 4.69) is 4.90 Å². The zero-order valence-corrected chi connectivity index (χ0v) is 12.0. The van der Waals surface area contributed by atoms with Crippen LogP contribution in [-0.2, 0) is 14.2 Å². The van der Waals surface area contributed by atoms with E-state index in [0.29, 0.717) is 30.1 Å². The summed E-state index contributed by atoms with van der Waals surface area (Å²) in [4.78, 5) is 2.46. The molecule has 0 bridgehead atoms. The minimum atomic E-state index is 0.298. The average Bonchev–Trinajstić information content (AvgIpc) is 3.33. The Morgan fingerprint density at radius 2 is 1.48 bits per heavy atom. The van der Waals surface area contributed by atoms with Crippen molar-refractivity contribution in [3.8, 4) is 5.75 Å². The molecule has 0 amide bonds. The molecule has 0 radical (unpaired) electrons. The van der Waals surface area contributed by atoms with Crippen LogP contribution in [0.25, 0.3) is 0 Å². The van der Waals surface area contributed by atoms with Gasteiger partial charge in [0.2, 0.25) is 0 Å². The number of epoxide rings is 3. The van der Waals surface area contributed by atoms with Crippen LogP contribution < -0.4 is 0 Å². The van der Waals surface area contributed by atoms with Gasteiger partial charge in [-0.1, -0.05) is 12.1 Å². The van der Waals surface area contributed by atoms with Crippen molar-refractivity contribution >= 4 is 0 Å². The number of nitrogens with zero attached hydrogens (tertiary/aromatic N) is 1. The number of phenols is 1. The molecule has 1 aromatic carbocycles. The molecule has 114 valence electrons. The molecule has 0 aliphatic carbocycles. The summed E-state index contributed by atoms with van der Waals surface area (Å²) in [6.45, 7) is 4.48. The second-order valence-electron chi connectivity index (χ2n) is 6.16. The Morgan fingerprint density at radius 3 is 1.95 bits per heavy atom. The predicted molar refractivity (Wildman–Crippen MR) is 76.3 cm³/mol. The van der Waals surface area contributed by atoms with E-state index >= 15 is 0 Å². The second kappa shape index (κ2) is 5.57. The van der Waals surface area contributed by atoms with E-state index < -0.39 is 0 Å². The molecule has 21 heavy (non-hydrogen) atoms. The first-order chi connectivity index (χ1) is 10.3. The molecule has 4 rings (SSSR count). The molecule has 3 aliphatic heterocycles. The smallest absolute Gasteiger partial charge is 0.115 e. The van der Waals surface area contributed by atoms with Crippen molar-refractivity contribution in [1.82, 2.24) is 4.90 Å². The highest BCUT2D eigenvalue weighted by atomic mass is 16.6. The van der Waals surface area contributed by atoms with Gasteiger partial charge < -0.3 is 19.3 Å².